The summed E-state index contributed by atoms with van der Waals surface area (Å²) >= 11 is 0. The van der Waals surface area contributed by atoms with Gasteiger partial charge in [-0.25, -0.2) is 10.4 Å². The summed E-state index contributed by atoms with van der Waals surface area (Å²) in [6.07, 6.45) is 9.47. The van der Waals surface area contributed by atoms with Crippen molar-refractivity contribution in [1.29, 1.82) is 5.26 Å². The van der Waals surface area contributed by atoms with Gasteiger partial charge in [-0.3, -0.25) is 0 Å². The molecule has 1 N–H and O–H groups in total. The second-order valence-corrected chi connectivity index (χ2v) is 4.93. The summed E-state index contributed by atoms with van der Waals surface area (Å²) in [4.78, 5) is 4.12. The quantitative estimate of drug-likeness (QED) is 0.510. The van der Waals surface area contributed by atoms with Crippen LogP contribution in [-0.2, 0) is 0 Å². The normalized spacial score (nSPS) is 18.9. The lowest BCUT2D eigenvalue weighted by atomic mass is 9.96. The fraction of sp³-hybridized carbons (Fsp3) is 0.500. The third-order valence-electron chi connectivity index (χ3n) is 3.00. The summed E-state index contributed by atoms with van der Waals surface area (Å²) in [5.41, 5.74) is 3.03. The van der Waals surface area contributed by atoms with Gasteiger partial charge < -0.3 is 4.42 Å². The van der Waals surface area contributed by atoms with Crippen LogP contribution in [0.3, 0.4) is 0 Å². The number of nitriles is 1. The summed E-state index contributed by atoms with van der Waals surface area (Å²) in [5.74, 6) is 1.48. The highest BCUT2D eigenvalue weighted by Gasteiger charge is 2.15. The van der Waals surface area contributed by atoms with Gasteiger partial charge in [0.25, 0.3) is 5.88 Å². The summed E-state index contributed by atoms with van der Waals surface area (Å²) in [7, 11) is 0. The molecule has 0 bridgehead atoms. The van der Waals surface area contributed by atoms with Crippen LogP contribution in [-0.4, -0.2) is 11.2 Å². The molecule has 0 saturated carbocycles. The van der Waals surface area contributed by atoms with Crippen LogP contribution in [0.1, 0.15) is 50.6 Å². The van der Waals surface area contributed by atoms with Gasteiger partial charge in [-0.1, -0.05) is 26.0 Å². The molecule has 0 saturated heterocycles. The highest BCUT2D eigenvalue weighted by molar-refractivity contribution is 5.63. The summed E-state index contributed by atoms with van der Waals surface area (Å²) in [6.45, 7) is 3.93. The molecule has 0 radical (unpaired) electrons. The lowest BCUT2D eigenvalue weighted by molar-refractivity contribution is 0.481. The molecule has 1 aromatic rings. The van der Waals surface area contributed by atoms with Gasteiger partial charge in [0.05, 0.1) is 0 Å². The Hall–Kier alpha value is -2.09. The van der Waals surface area contributed by atoms with Gasteiger partial charge in [0.2, 0.25) is 11.6 Å². The van der Waals surface area contributed by atoms with E-state index in [9.17, 15) is 0 Å². The first-order valence-electron chi connectivity index (χ1n) is 6.55. The maximum Gasteiger partial charge on any atom is 0.252 e. The van der Waals surface area contributed by atoms with E-state index in [1.54, 1.807) is 0 Å². The minimum absolute atomic E-state index is 0.148. The van der Waals surface area contributed by atoms with E-state index in [-0.39, 0.29) is 11.6 Å². The number of oxazole rings is 1. The fourth-order valence-corrected chi connectivity index (χ4v) is 1.89. The fourth-order valence-electron chi connectivity index (χ4n) is 1.89. The van der Waals surface area contributed by atoms with Gasteiger partial charge in [-0.05, 0) is 25.2 Å². The van der Waals surface area contributed by atoms with Crippen molar-refractivity contribution in [2.75, 3.05) is 5.43 Å². The molecule has 0 aromatic carbocycles. The Kier molecular flexibility index (Phi) is 4.35. The number of hydrazone groups is 1. The number of hydrogen-bond donors (Lipinski definition) is 1. The molecule has 0 amide bonds. The van der Waals surface area contributed by atoms with Crippen LogP contribution >= 0.6 is 0 Å². The van der Waals surface area contributed by atoms with Gasteiger partial charge in [-0.15, -0.1) is 0 Å². The van der Waals surface area contributed by atoms with E-state index in [1.807, 2.05) is 26.1 Å². The summed E-state index contributed by atoms with van der Waals surface area (Å²) < 4.78 is 5.48. The molecule has 0 aliphatic heterocycles. The molecular formula is C14H18N4O. The third-order valence-corrected chi connectivity index (χ3v) is 3.00. The van der Waals surface area contributed by atoms with Gasteiger partial charge >= 0.3 is 0 Å². The van der Waals surface area contributed by atoms with E-state index in [0.29, 0.717) is 17.7 Å². The van der Waals surface area contributed by atoms with Crippen LogP contribution in [0.2, 0.25) is 0 Å². The molecule has 5 nitrogen and oxygen atoms in total. The van der Waals surface area contributed by atoms with E-state index in [1.165, 1.54) is 0 Å². The minimum atomic E-state index is 0.148. The predicted octanol–water partition coefficient (Wildman–Crippen LogP) is 3.42. The molecule has 1 atom stereocenters. The molecule has 1 aromatic heterocycles. The molecule has 1 heterocycles. The monoisotopic (exact) mass is 258 g/mol. The summed E-state index contributed by atoms with van der Waals surface area (Å²) in [6, 6.07) is 2.01. The van der Waals surface area contributed by atoms with Crippen LogP contribution in [0.4, 0.5) is 5.88 Å². The van der Waals surface area contributed by atoms with E-state index >= 15 is 0 Å². The predicted molar refractivity (Wildman–Crippen MR) is 73.9 cm³/mol. The van der Waals surface area contributed by atoms with Gasteiger partial charge in [-0.2, -0.15) is 10.4 Å². The van der Waals surface area contributed by atoms with E-state index in [2.05, 4.69) is 27.7 Å². The van der Waals surface area contributed by atoms with Crippen LogP contribution in [0.15, 0.2) is 21.7 Å². The van der Waals surface area contributed by atoms with Gasteiger partial charge in [0, 0.05) is 12.1 Å². The maximum atomic E-state index is 8.99. The van der Waals surface area contributed by atoms with E-state index in [4.69, 9.17) is 9.68 Å². The van der Waals surface area contributed by atoms with Crippen LogP contribution in [0, 0.1) is 17.2 Å². The van der Waals surface area contributed by atoms with Crippen molar-refractivity contribution in [3.05, 3.63) is 23.7 Å². The highest BCUT2D eigenvalue weighted by atomic mass is 16.4. The second kappa shape index (κ2) is 6.19. The van der Waals surface area contributed by atoms with E-state index < -0.39 is 0 Å². The molecule has 1 aliphatic rings. The Morgan fingerprint density at radius 2 is 2.42 bits per heavy atom. The lowest BCUT2D eigenvalue weighted by Gasteiger charge is -2.11. The average Bonchev–Trinajstić information content (AvgIpc) is 2.83. The van der Waals surface area contributed by atoms with Crippen molar-refractivity contribution >= 4 is 12.1 Å². The number of hydrogen-bond acceptors (Lipinski definition) is 5. The van der Waals surface area contributed by atoms with Crippen molar-refractivity contribution in [3.63, 3.8) is 0 Å². The van der Waals surface area contributed by atoms with Crippen molar-refractivity contribution in [2.24, 2.45) is 11.0 Å². The first kappa shape index (κ1) is 13.3. The van der Waals surface area contributed by atoms with E-state index in [0.717, 1.165) is 19.3 Å². The number of nitrogens with zero attached hydrogens (tertiary/aromatic N) is 3. The second-order valence-electron chi connectivity index (χ2n) is 4.93. The SMILES string of the molecule is CC(C)c1nc(C#N)c(NN=CC2CC=CCC2)o1. The molecule has 0 spiro atoms. The van der Waals surface area contributed by atoms with Gasteiger partial charge in [0.15, 0.2) is 0 Å². The Balaban J connectivity index is 2.00. The summed E-state index contributed by atoms with van der Waals surface area (Å²) in [5, 5.41) is 13.1. The first-order chi connectivity index (χ1) is 9.20. The Morgan fingerprint density at radius 3 is 3.05 bits per heavy atom. The zero-order valence-electron chi connectivity index (χ0n) is 11.3. The topological polar surface area (TPSA) is 74.2 Å². The minimum Gasteiger partial charge on any atom is -0.422 e. The highest BCUT2D eigenvalue weighted by Crippen LogP contribution is 2.22. The number of anilines is 1. The zero-order valence-corrected chi connectivity index (χ0v) is 11.3. The van der Waals surface area contributed by atoms with Crippen LogP contribution < -0.4 is 5.43 Å². The molecule has 2 rings (SSSR count). The lowest BCUT2D eigenvalue weighted by Crippen LogP contribution is -2.05. The smallest absolute Gasteiger partial charge is 0.252 e. The van der Waals surface area contributed by atoms with Crippen molar-refractivity contribution in [3.8, 4) is 6.07 Å². The Bertz CT molecular complexity index is 522. The van der Waals surface area contributed by atoms with Crippen molar-refractivity contribution in [1.82, 2.24) is 4.98 Å². The Labute approximate surface area is 113 Å². The zero-order chi connectivity index (χ0) is 13.7. The molecule has 100 valence electrons. The molecule has 5 heteroatoms. The van der Waals surface area contributed by atoms with Gasteiger partial charge in [0.1, 0.15) is 6.07 Å². The molecule has 19 heavy (non-hydrogen) atoms. The average molecular weight is 258 g/mol. The number of allylic oxidation sites excluding steroid dienone is 2. The third kappa shape index (κ3) is 3.44. The standard InChI is InChI=1S/C14H18N4O/c1-10(2)13-17-12(8-15)14(19-13)18-16-9-11-6-4-3-5-7-11/h3-4,9-11,18H,5-7H2,1-2H3. The largest absolute Gasteiger partial charge is 0.422 e. The number of aromatic nitrogens is 1. The number of nitrogens with one attached hydrogen (secondary N) is 1. The molecule has 1 aliphatic carbocycles. The first-order valence-corrected chi connectivity index (χ1v) is 6.55. The maximum absolute atomic E-state index is 8.99. The number of rotatable bonds is 4. The van der Waals surface area contributed by atoms with Crippen LogP contribution in [0.25, 0.3) is 0 Å². The van der Waals surface area contributed by atoms with Crippen molar-refractivity contribution < 1.29 is 4.42 Å². The molecular weight excluding hydrogens is 240 g/mol. The molecule has 0 fully saturated rings. The molecule has 1 unspecified atom stereocenters. The van der Waals surface area contributed by atoms with Crippen molar-refractivity contribution in [2.45, 2.75) is 39.0 Å². The van der Waals surface area contributed by atoms with Crippen LogP contribution in [0.5, 0.6) is 0 Å². The Morgan fingerprint density at radius 1 is 1.58 bits per heavy atom.